The molecule has 5 heteroatoms. The van der Waals surface area contributed by atoms with E-state index in [0.29, 0.717) is 19.1 Å². The second kappa shape index (κ2) is 5.96. The van der Waals surface area contributed by atoms with Crippen molar-refractivity contribution in [1.82, 2.24) is 14.7 Å². The van der Waals surface area contributed by atoms with Gasteiger partial charge in [0.1, 0.15) is 18.9 Å². The zero-order valence-corrected chi connectivity index (χ0v) is 14.3. The van der Waals surface area contributed by atoms with Crippen molar-refractivity contribution < 1.29 is 9.53 Å². The quantitative estimate of drug-likeness (QED) is 0.853. The fraction of sp³-hybridized carbons (Fsp3) is 0.474. The number of fused-ring (bicyclic) bond motifs is 3. The summed E-state index contributed by atoms with van der Waals surface area (Å²) in [6, 6.07) is 6.16. The van der Waals surface area contributed by atoms with Gasteiger partial charge in [-0.3, -0.25) is 9.48 Å². The number of hydrogen-bond donors (Lipinski definition) is 0. The van der Waals surface area contributed by atoms with Gasteiger partial charge in [0.25, 0.3) is 0 Å². The van der Waals surface area contributed by atoms with Gasteiger partial charge in [0.2, 0.25) is 5.91 Å². The first-order valence-electron chi connectivity index (χ1n) is 8.68. The minimum atomic E-state index is 0.160. The van der Waals surface area contributed by atoms with Crippen molar-refractivity contribution in [3.8, 4) is 17.0 Å². The Morgan fingerprint density at radius 2 is 2.29 bits per heavy atom. The van der Waals surface area contributed by atoms with E-state index in [2.05, 4.69) is 25.0 Å². The number of carbonyl (C=O) groups is 1. The predicted molar refractivity (Wildman–Crippen MR) is 91.7 cm³/mol. The Morgan fingerprint density at radius 1 is 1.42 bits per heavy atom. The van der Waals surface area contributed by atoms with Gasteiger partial charge in [-0.25, -0.2) is 0 Å². The number of aromatic nitrogens is 2. The van der Waals surface area contributed by atoms with Crippen molar-refractivity contribution in [2.24, 2.45) is 5.92 Å². The smallest absolute Gasteiger partial charge is 0.244 e. The first-order valence-corrected chi connectivity index (χ1v) is 8.68. The molecule has 1 amide bonds. The minimum absolute atomic E-state index is 0.160. The van der Waals surface area contributed by atoms with Gasteiger partial charge in [-0.05, 0) is 37.8 Å². The molecule has 24 heavy (non-hydrogen) atoms. The summed E-state index contributed by atoms with van der Waals surface area (Å²) in [6.07, 6.45) is 4.14. The SMILES string of the molecule is Cc1ccc2c(c1)-c1c(cnn1CC(=O)N1CCC[C@@H](C)C1)CO2. The lowest BCUT2D eigenvalue weighted by atomic mass is 10.0. The third-order valence-corrected chi connectivity index (χ3v) is 4.98. The lowest BCUT2D eigenvalue weighted by molar-refractivity contribution is -0.133. The average Bonchev–Trinajstić information content (AvgIpc) is 2.98. The number of aryl methyl sites for hydroxylation is 1. The van der Waals surface area contributed by atoms with E-state index in [4.69, 9.17) is 4.74 Å². The van der Waals surface area contributed by atoms with Crippen molar-refractivity contribution in [2.75, 3.05) is 13.1 Å². The van der Waals surface area contributed by atoms with E-state index in [1.54, 1.807) is 0 Å². The van der Waals surface area contributed by atoms with Crippen LogP contribution in [0.1, 0.15) is 30.9 Å². The van der Waals surface area contributed by atoms with Crippen molar-refractivity contribution in [3.05, 3.63) is 35.5 Å². The van der Waals surface area contributed by atoms with Crippen LogP contribution in [0.4, 0.5) is 0 Å². The van der Waals surface area contributed by atoms with Gasteiger partial charge in [0.15, 0.2) is 0 Å². The summed E-state index contributed by atoms with van der Waals surface area (Å²) in [5, 5.41) is 4.47. The molecule has 4 rings (SSSR count). The summed E-state index contributed by atoms with van der Waals surface area (Å²) in [4.78, 5) is 14.7. The van der Waals surface area contributed by atoms with Crippen molar-refractivity contribution in [3.63, 3.8) is 0 Å². The van der Waals surface area contributed by atoms with Crippen LogP contribution in [0.5, 0.6) is 5.75 Å². The van der Waals surface area contributed by atoms with E-state index in [1.807, 2.05) is 27.9 Å². The van der Waals surface area contributed by atoms with Crippen molar-refractivity contribution in [2.45, 2.75) is 39.8 Å². The molecule has 1 saturated heterocycles. The number of carbonyl (C=O) groups excluding carboxylic acids is 1. The predicted octanol–water partition coefficient (Wildman–Crippen LogP) is 3.01. The maximum Gasteiger partial charge on any atom is 0.244 e. The molecule has 0 radical (unpaired) electrons. The first kappa shape index (κ1) is 15.2. The molecule has 126 valence electrons. The van der Waals surface area contributed by atoms with Gasteiger partial charge in [-0.2, -0.15) is 5.10 Å². The largest absolute Gasteiger partial charge is 0.488 e. The van der Waals surface area contributed by atoms with Gasteiger partial charge in [-0.1, -0.05) is 18.6 Å². The van der Waals surface area contributed by atoms with Crippen LogP contribution in [0.15, 0.2) is 24.4 Å². The Hall–Kier alpha value is -2.30. The van der Waals surface area contributed by atoms with Crippen molar-refractivity contribution in [1.29, 1.82) is 0 Å². The number of benzene rings is 1. The minimum Gasteiger partial charge on any atom is -0.488 e. The maximum atomic E-state index is 12.7. The van der Waals surface area contributed by atoms with Crippen LogP contribution in [-0.4, -0.2) is 33.7 Å². The van der Waals surface area contributed by atoms with Crippen molar-refractivity contribution >= 4 is 5.91 Å². The lowest BCUT2D eigenvalue weighted by Gasteiger charge is -2.31. The maximum absolute atomic E-state index is 12.7. The molecular formula is C19H23N3O2. The molecular weight excluding hydrogens is 302 g/mol. The van der Waals surface area contributed by atoms with Crippen LogP contribution in [-0.2, 0) is 17.9 Å². The summed E-state index contributed by atoms with van der Waals surface area (Å²) in [5.74, 6) is 1.62. The van der Waals surface area contributed by atoms with Crippen LogP contribution in [0.2, 0.25) is 0 Å². The summed E-state index contributed by atoms with van der Waals surface area (Å²) in [7, 11) is 0. The molecule has 0 unspecified atom stereocenters. The van der Waals surface area contributed by atoms with Crippen LogP contribution < -0.4 is 4.74 Å². The molecule has 1 atom stereocenters. The summed E-state index contributed by atoms with van der Waals surface area (Å²) >= 11 is 0. The number of nitrogens with zero attached hydrogens (tertiary/aromatic N) is 3. The van der Waals surface area contributed by atoms with Gasteiger partial charge in [0, 0.05) is 24.2 Å². The summed E-state index contributed by atoms with van der Waals surface area (Å²) < 4.78 is 7.65. The standard InChI is InChI=1S/C19H23N3O2/c1-13-5-6-17-16(8-13)19-15(12-24-17)9-20-22(19)11-18(23)21-7-3-4-14(2)10-21/h5-6,8-9,14H,3-4,7,10-12H2,1-2H3/t14-/m1/s1. The molecule has 1 aromatic carbocycles. The van der Waals surface area contributed by atoms with Gasteiger partial charge < -0.3 is 9.64 Å². The number of rotatable bonds is 2. The molecule has 0 spiro atoms. The highest BCUT2D eigenvalue weighted by molar-refractivity contribution is 5.78. The molecule has 0 N–H and O–H groups in total. The zero-order valence-electron chi connectivity index (χ0n) is 14.3. The van der Waals surface area contributed by atoms with Crippen LogP contribution in [0.3, 0.4) is 0 Å². The second-order valence-electron chi connectivity index (χ2n) is 7.05. The lowest BCUT2D eigenvalue weighted by Crippen LogP contribution is -2.41. The highest BCUT2D eigenvalue weighted by Crippen LogP contribution is 2.38. The number of ether oxygens (including phenoxy) is 1. The molecule has 3 heterocycles. The molecule has 2 aliphatic rings. The third kappa shape index (κ3) is 2.68. The third-order valence-electron chi connectivity index (χ3n) is 4.98. The Bertz CT molecular complexity index is 781. The average molecular weight is 325 g/mol. The normalized spacial score (nSPS) is 19.4. The highest BCUT2D eigenvalue weighted by Gasteiger charge is 2.26. The van der Waals surface area contributed by atoms with E-state index in [0.717, 1.165) is 42.1 Å². The Balaban J connectivity index is 1.62. The first-order chi connectivity index (χ1) is 11.6. The van der Waals surface area contributed by atoms with Gasteiger partial charge >= 0.3 is 0 Å². The van der Waals surface area contributed by atoms with E-state index in [9.17, 15) is 4.79 Å². The number of likely N-dealkylation sites (tertiary alicyclic amines) is 1. The molecule has 2 aliphatic heterocycles. The Kier molecular flexibility index (Phi) is 3.79. The van der Waals surface area contributed by atoms with Crippen LogP contribution in [0.25, 0.3) is 11.3 Å². The Morgan fingerprint density at radius 3 is 3.12 bits per heavy atom. The molecule has 0 saturated carbocycles. The molecule has 1 aromatic heterocycles. The molecule has 0 aliphatic carbocycles. The number of amides is 1. The molecule has 0 bridgehead atoms. The van der Waals surface area contributed by atoms with E-state index >= 15 is 0 Å². The fourth-order valence-electron chi connectivity index (χ4n) is 3.72. The van der Waals surface area contributed by atoms with Crippen LogP contribution >= 0.6 is 0 Å². The number of hydrogen-bond acceptors (Lipinski definition) is 3. The van der Waals surface area contributed by atoms with Gasteiger partial charge in [-0.15, -0.1) is 0 Å². The van der Waals surface area contributed by atoms with E-state index in [1.165, 1.54) is 12.0 Å². The highest BCUT2D eigenvalue weighted by atomic mass is 16.5. The number of piperidine rings is 1. The fourth-order valence-corrected chi connectivity index (χ4v) is 3.72. The summed E-state index contributed by atoms with van der Waals surface area (Å²) in [6.45, 7) is 6.82. The van der Waals surface area contributed by atoms with Gasteiger partial charge in [0.05, 0.1) is 11.9 Å². The molecule has 2 aromatic rings. The molecule has 5 nitrogen and oxygen atoms in total. The molecule has 1 fully saturated rings. The monoisotopic (exact) mass is 325 g/mol. The van der Waals surface area contributed by atoms with E-state index < -0.39 is 0 Å². The Labute approximate surface area is 142 Å². The second-order valence-corrected chi connectivity index (χ2v) is 7.05. The van der Waals surface area contributed by atoms with Crippen LogP contribution in [0, 0.1) is 12.8 Å². The summed E-state index contributed by atoms with van der Waals surface area (Å²) in [5.41, 5.74) is 4.29. The zero-order chi connectivity index (χ0) is 16.7. The van der Waals surface area contributed by atoms with E-state index in [-0.39, 0.29) is 5.91 Å². The topological polar surface area (TPSA) is 47.4 Å².